The van der Waals surface area contributed by atoms with Crippen LogP contribution in [0.15, 0.2) is 22.8 Å². The van der Waals surface area contributed by atoms with Crippen LogP contribution in [0.4, 0.5) is 0 Å². The van der Waals surface area contributed by atoms with E-state index in [1.165, 1.54) is 6.42 Å². The van der Waals surface area contributed by atoms with Gasteiger partial charge in [-0.25, -0.2) is 4.98 Å². The number of aromatic nitrogens is 1. The number of carbonyl (C=O) groups excluding carboxylic acids is 1. The maximum Gasteiger partial charge on any atom is 0.227 e. The molecule has 3 nitrogen and oxygen atoms in total. The Bertz CT molecular complexity index is 275. The fourth-order valence-corrected chi connectivity index (χ4v) is 1.01. The Labute approximate surface area is 72.7 Å². The van der Waals surface area contributed by atoms with Gasteiger partial charge in [0.1, 0.15) is 4.60 Å². The minimum absolute atomic E-state index is 0.490. The van der Waals surface area contributed by atoms with Crippen molar-refractivity contribution in [3.63, 3.8) is 0 Å². The molecule has 1 radical (unpaired) electrons. The minimum atomic E-state index is -0.490. The number of hydrogen-bond donors (Lipinski definition) is 1. The Morgan fingerprint density at radius 3 is 2.91 bits per heavy atom. The largest absolute Gasteiger partial charge is 0.369 e. The lowest BCUT2D eigenvalue weighted by atomic mass is 10.3. The second-order valence-corrected chi connectivity index (χ2v) is 2.74. The van der Waals surface area contributed by atoms with Gasteiger partial charge in [-0.3, -0.25) is 4.79 Å². The molecule has 0 spiro atoms. The van der Waals surface area contributed by atoms with Crippen molar-refractivity contribution in [2.75, 3.05) is 0 Å². The predicted molar refractivity (Wildman–Crippen MR) is 44.5 cm³/mol. The average Bonchev–Trinajstić information content (AvgIpc) is 1.85. The third kappa shape index (κ3) is 2.67. The number of halogens is 1. The van der Waals surface area contributed by atoms with Crippen LogP contribution in [0, 0.1) is 6.42 Å². The summed E-state index contributed by atoms with van der Waals surface area (Å²) in [5.74, 6) is -0.490. The average molecular weight is 214 g/mol. The van der Waals surface area contributed by atoms with Gasteiger partial charge in [-0.15, -0.1) is 0 Å². The Morgan fingerprint density at radius 2 is 2.36 bits per heavy atom. The standard InChI is InChI=1S/C7H6BrN2O/c8-6-3-1-2-5(10-6)4-7(9)11/h1-4H,(H2,9,11). The van der Waals surface area contributed by atoms with Crippen LogP contribution in [-0.4, -0.2) is 10.9 Å². The number of amides is 1. The number of rotatable bonds is 2. The fourth-order valence-electron chi connectivity index (χ4n) is 0.650. The first-order valence-corrected chi connectivity index (χ1v) is 3.74. The van der Waals surface area contributed by atoms with Gasteiger partial charge in [-0.2, -0.15) is 0 Å². The van der Waals surface area contributed by atoms with Gasteiger partial charge < -0.3 is 5.73 Å². The molecule has 0 saturated heterocycles. The molecule has 0 aliphatic heterocycles. The van der Waals surface area contributed by atoms with Crippen molar-refractivity contribution in [2.45, 2.75) is 0 Å². The Balaban J connectivity index is 2.79. The van der Waals surface area contributed by atoms with Gasteiger partial charge >= 0.3 is 0 Å². The third-order valence-electron chi connectivity index (χ3n) is 1.03. The lowest BCUT2D eigenvalue weighted by Gasteiger charge is -1.95. The Kier molecular flexibility index (Phi) is 2.59. The minimum Gasteiger partial charge on any atom is -0.369 e. The lowest BCUT2D eigenvalue weighted by Crippen LogP contribution is -2.12. The van der Waals surface area contributed by atoms with E-state index in [-0.39, 0.29) is 0 Å². The fraction of sp³-hybridized carbons (Fsp3) is 0. The van der Waals surface area contributed by atoms with Crippen molar-refractivity contribution in [1.29, 1.82) is 0 Å². The van der Waals surface area contributed by atoms with Crippen LogP contribution in [0.2, 0.25) is 0 Å². The smallest absolute Gasteiger partial charge is 0.227 e. The summed E-state index contributed by atoms with van der Waals surface area (Å²) < 4.78 is 0.688. The molecule has 4 heteroatoms. The van der Waals surface area contributed by atoms with Gasteiger partial charge in [0.2, 0.25) is 5.91 Å². The molecular formula is C7H6BrN2O. The van der Waals surface area contributed by atoms with Crippen LogP contribution in [-0.2, 0) is 4.79 Å². The molecule has 11 heavy (non-hydrogen) atoms. The maximum atomic E-state index is 10.4. The second kappa shape index (κ2) is 3.48. The van der Waals surface area contributed by atoms with Crippen molar-refractivity contribution in [3.8, 4) is 0 Å². The maximum absolute atomic E-state index is 10.4. The molecule has 1 heterocycles. The molecule has 0 bridgehead atoms. The summed E-state index contributed by atoms with van der Waals surface area (Å²) in [5, 5.41) is 0. The highest BCUT2D eigenvalue weighted by Gasteiger charge is 1.99. The van der Waals surface area contributed by atoms with E-state index in [0.29, 0.717) is 10.3 Å². The van der Waals surface area contributed by atoms with Gasteiger partial charge in [0.25, 0.3) is 0 Å². The molecule has 0 unspecified atom stereocenters. The third-order valence-corrected chi connectivity index (χ3v) is 1.47. The first-order valence-electron chi connectivity index (χ1n) is 2.95. The molecule has 0 aliphatic rings. The Morgan fingerprint density at radius 1 is 1.64 bits per heavy atom. The summed E-state index contributed by atoms with van der Waals surface area (Å²) in [6.07, 6.45) is 1.27. The van der Waals surface area contributed by atoms with Crippen LogP contribution >= 0.6 is 15.9 Å². The summed E-state index contributed by atoms with van der Waals surface area (Å²) >= 11 is 3.17. The predicted octanol–water partition coefficient (Wildman–Crippen LogP) is 0.882. The molecule has 0 atom stereocenters. The summed E-state index contributed by atoms with van der Waals surface area (Å²) in [6, 6.07) is 5.26. The molecule has 0 aromatic carbocycles. The van der Waals surface area contributed by atoms with E-state index in [1.807, 2.05) is 0 Å². The molecule has 1 aromatic heterocycles. The number of pyridine rings is 1. The first-order chi connectivity index (χ1) is 5.18. The molecule has 1 rings (SSSR count). The zero-order valence-corrected chi connectivity index (χ0v) is 7.21. The van der Waals surface area contributed by atoms with Crippen molar-refractivity contribution >= 4 is 21.8 Å². The molecule has 2 N–H and O–H groups in total. The van der Waals surface area contributed by atoms with Gasteiger partial charge in [0.05, 0.1) is 12.1 Å². The second-order valence-electron chi connectivity index (χ2n) is 1.93. The van der Waals surface area contributed by atoms with Crippen LogP contribution < -0.4 is 5.73 Å². The van der Waals surface area contributed by atoms with Gasteiger partial charge in [0.15, 0.2) is 0 Å². The highest BCUT2D eigenvalue weighted by atomic mass is 79.9. The molecule has 57 valence electrons. The summed E-state index contributed by atoms with van der Waals surface area (Å²) in [7, 11) is 0. The van der Waals surface area contributed by atoms with Gasteiger partial charge in [-0.1, -0.05) is 6.07 Å². The topological polar surface area (TPSA) is 56.0 Å². The van der Waals surface area contributed by atoms with Crippen LogP contribution in [0.3, 0.4) is 0 Å². The van der Waals surface area contributed by atoms with E-state index in [4.69, 9.17) is 5.73 Å². The first kappa shape index (κ1) is 8.20. The summed E-state index contributed by atoms with van der Waals surface area (Å²) in [4.78, 5) is 14.4. The quantitative estimate of drug-likeness (QED) is 0.743. The molecule has 1 aromatic rings. The molecule has 0 saturated carbocycles. The van der Waals surface area contributed by atoms with E-state index in [2.05, 4.69) is 20.9 Å². The number of carbonyl (C=O) groups is 1. The van der Waals surface area contributed by atoms with Crippen LogP contribution in [0.25, 0.3) is 0 Å². The van der Waals surface area contributed by atoms with E-state index in [0.717, 1.165) is 0 Å². The normalized spacial score (nSPS) is 9.55. The van der Waals surface area contributed by atoms with E-state index < -0.39 is 5.91 Å². The molecule has 0 aliphatic carbocycles. The summed E-state index contributed by atoms with van der Waals surface area (Å²) in [6.45, 7) is 0. The van der Waals surface area contributed by atoms with Crippen LogP contribution in [0.5, 0.6) is 0 Å². The molecule has 1 amide bonds. The van der Waals surface area contributed by atoms with E-state index in [1.54, 1.807) is 18.2 Å². The zero-order valence-electron chi connectivity index (χ0n) is 5.62. The molecular weight excluding hydrogens is 208 g/mol. The van der Waals surface area contributed by atoms with Gasteiger partial charge in [-0.05, 0) is 28.1 Å². The van der Waals surface area contributed by atoms with Crippen molar-refractivity contribution in [3.05, 3.63) is 34.9 Å². The Hall–Kier alpha value is -0.900. The van der Waals surface area contributed by atoms with Gasteiger partial charge in [0, 0.05) is 0 Å². The number of hydrogen-bond acceptors (Lipinski definition) is 2. The van der Waals surface area contributed by atoms with Crippen molar-refractivity contribution in [1.82, 2.24) is 4.98 Å². The zero-order chi connectivity index (χ0) is 8.27. The number of nitrogens with two attached hydrogens (primary N) is 1. The number of primary amides is 1. The highest BCUT2D eigenvalue weighted by Crippen LogP contribution is 2.06. The molecule has 0 fully saturated rings. The van der Waals surface area contributed by atoms with Crippen LogP contribution in [0.1, 0.15) is 5.69 Å². The SMILES string of the molecule is NC(=O)[CH]c1cccc(Br)n1. The van der Waals surface area contributed by atoms with Crippen molar-refractivity contribution in [2.24, 2.45) is 5.73 Å². The van der Waals surface area contributed by atoms with E-state index in [9.17, 15) is 4.79 Å². The monoisotopic (exact) mass is 213 g/mol. The van der Waals surface area contributed by atoms with Crippen molar-refractivity contribution < 1.29 is 4.79 Å². The lowest BCUT2D eigenvalue weighted by molar-refractivity contribution is -0.114. The van der Waals surface area contributed by atoms with E-state index >= 15 is 0 Å². The number of nitrogens with zero attached hydrogens (tertiary/aromatic N) is 1. The summed E-state index contributed by atoms with van der Waals surface area (Å²) in [5.41, 5.74) is 5.49. The highest BCUT2D eigenvalue weighted by molar-refractivity contribution is 9.10.